The summed E-state index contributed by atoms with van der Waals surface area (Å²) in [5, 5.41) is 0.237. The van der Waals surface area contributed by atoms with Crippen LogP contribution in [0.4, 0.5) is 13.6 Å². The summed E-state index contributed by atoms with van der Waals surface area (Å²) in [4.78, 5) is 28.7. The highest BCUT2D eigenvalue weighted by Gasteiger charge is 2.64. The van der Waals surface area contributed by atoms with E-state index in [-0.39, 0.29) is 17.2 Å². The molecule has 0 bridgehead atoms. The first kappa shape index (κ1) is 19.6. The zero-order chi connectivity index (χ0) is 19.7. The third-order valence-electron chi connectivity index (χ3n) is 4.71. The topological polar surface area (TPSA) is 106 Å². The number of halogens is 2. The summed E-state index contributed by atoms with van der Waals surface area (Å²) in [7, 11) is 0. The Morgan fingerprint density at radius 3 is 2.74 bits per heavy atom. The minimum absolute atomic E-state index is 0.0831. The summed E-state index contributed by atoms with van der Waals surface area (Å²) in [6, 6.07) is 2.33. The van der Waals surface area contributed by atoms with Crippen LogP contribution >= 0.6 is 11.8 Å². The van der Waals surface area contributed by atoms with Gasteiger partial charge < -0.3 is 10.5 Å². The van der Waals surface area contributed by atoms with Crippen molar-refractivity contribution in [2.75, 3.05) is 6.61 Å². The van der Waals surface area contributed by atoms with Gasteiger partial charge in [0.25, 0.3) is 0 Å². The number of amides is 2. The number of benzene rings is 1. The van der Waals surface area contributed by atoms with Crippen LogP contribution in [0.5, 0.6) is 0 Å². The first-order valence-corrected chi connectivity index (χ1v) is 9.39. The van der Waals surface area contributed by atoms with Crippen molar-refractivity contribution in [1.29, 1.82) is 0 Å². The van der Waals surface area contributed by atoms with Crippen LogP contribution in [0.25, 0.3) is 0 Å². The molecular formula is C17H20F2N4O3S. The quantitative estimate of drug-likeness (QED) is 0.521. The van der Waals surface area contributed by atoms with Gasteiger partial charge in [0.05, 0.1) is 6.61 Å². The molecular weight excluding hydrogens is 378 g/mol. The molecule has 1 aliphatic heterocycles. The van der Waals surface area contributed by atoms with Crippen LogP contribution < -0.4 is 16.6 Å². The zero-order valence-corrected chi connectivity index (χ0v) is 15.5. The molecule has 1 fully saturated rings. The fourth-order valence-corrected chi connectivity index (χ4v) is 5.06. The third-order valence-corrected chi connectivity index (χ3v) is 6.27. The molecule has 0 radical (unpaired) electrons. The number of aliphatic imine (C=N–C) groups is 1. The predicted octanol–water partition coefficient (Wildman–Crippen LogP) is 2.20. The molecule has 7 nitrogen and oxygen atoms in total. The second-order valence-electron chi connectivity index (χ2n) is 6.37. The summed E-state index contributed by atoms with van der Waals surface area (Å²) in [5.41, 5.74) is 9.09. The Morgan fingerprint density at radius 1 is 1.33 bits per heavy atom. The van der Waals surface area contributed by atoms with Crippen LogP contribution in [0.1, 0.15) is 38.2 Å². The lowest BCUT2D eigenvalue weighted by atomic mass is 9.78. The number of fused-ring (bicyclic) bond motifs is 1. The fraction of sp³-hybridized carbons (Fsp3) is 0.471. The Hall–Kier alpha value is -2.20. The maximum absolute atomic E-state index is 14.3. The average molecular weight is 398 g/mol. The van der Waals surface area contributed by atoms with Crippen molar-refractivity contribution in [3.63, 3.8) is 0 Å². The summed E-state index contributed by atoms with van der Waals surface area (Å²) < 4.78 is 31.7. The molecule has 2 unspecified atom stereocenters. The number of hydrazine groups is 1. The Kier molecular flexibility index (Phi) is 5.38. The number of rotatable bonds is 5. The number of ether oxygens (including phenoxy) is 1. The molecule has 2 atom stereocenters. The number of hydrogen-bond acceptors (Lipinski definition) is 6. The molecule has 0 spiro atoms. The first-order valence-electron chi connectivity index (χ1n) is 8.58. The number of nitrogens with zero attached hydrogens (tertiary/aromatic N) is 1. The van der Waals surface area contributed by atoms with Crippen molar-refractivity contribution < 1.29 is 23.1 Å². The Bertz CT molecular complexity index is 806. The summed E-state index contributed by atoms with van der Waals surface area (Å²) >= 11 is 1.07. The van der Waals surface area contributed by atoms with E-state index in [1.54, 1.807) is 6.92 Å². The van der Waals surface area contributed by atoms with E-state index < -0.39 is 34.0 Å². The van der Waals surface area contributed by atoms with Crippen molar-refractivity contribution in [3.8, 4) is 0 Å². The molecule has 1 aromatic rings. The van der Waals surface area contributed by atoms with E-state index in [2.05, 4.69) is 15.8 Å². The van der Waals surface area contributed by atoms with Crippen LogP contribution in [0.2, 0.25) is 0 Å². The highest BCUT2D eigenvalue weighted by atomic mass is 32.2. The van der Waals surface area contributed by atoms with E-state index >= 15 is 0 Å². The molecule has 10 heteroatoms. The highest BCUT2D eigenvalue weighted by molar-refractivity contribution is 8.16. The summed E-state index contributed by atoms with van der Waals surface area (Å²) in [5.74, 6) is -1.99. The largest absolute Gasteiger partial charge is 0.465 e. The lowest BCUT2D eigenvalue weighted by Crippen LogP contribution is -2.67. The van der Waals surface area contributed by atoms with Gasteiger partial charge in [-0.15, -0.1) is 0 Å². The fourth-order valence-electron chi connectivity index (χ4n) is 3.50. The molecule has 0 saturated heterocycles. The summed E-state index contributed by atoms with van der Waals surface area (Å²) in [6.45, 7) is 1.86. The van der Waals surface area contributed by atoms with E-state index in [4.69, 9.17) is 10.5 Å². The smallest absolute Gasteiger partial charge is 0.326 e. The van der Waals surface area contributed by atoms with Gasteiger partial charge in [0, 0.05) is 11.6 Å². The van der Waals surface area contributed by atoms with E-state index in [0.29, 0.717) is 12.8 Å². The second-order valence-corrected chi connectivity index (χ2v) is 7.66. The minimum Gasteiger partial charge on any atom is -0.465 e. The zero-order valence-electron chi connectivity index (χ0n) is 14.7. The lowest BCUT2D eigenvalue weighted by molar-refractivity contribution is -0.149. The van der Waals surface area contributed by atoms with Crippen LogP contribution in [0, 0.1) is 11.6 Å². The maximum Gasteiger partial charge on any atom is 0.326 e. The highest BCUT2D eigenvalue weighted by Crippen LogP contribution is 2.54. The number of primary amides is 1. The number of carbonyl (C=O) groups is 2. The molecule has 146 valence electrons. The number of thioether (sulfide) groups is 1. The van der Waals surface area contributed by atoms with E-state index in [1.807, 2.05) is 0 Å². The van der Waals surface area contributed by atoms with Crippen molar-refractivity contribution in [1.82, 2.24) is 10.9 Å². The second kappa shape index (κ2) is 7.43. The average Bonchev–Trinajstić information content (AvgIpc) is 2.96. The van der Waals surface area contributed by atoms with E-state index in [1.165, 1.54) is 6.07 Å². The normalized spacial score (nSPS) is 26.9. The van der Waals surface area contributed by atoms with E-state index in [0.717, 1.165) is 36.7 Å². The first-order chi connectivity index (χ1) is 12.8. The molecule has 27 heavy (non-hydrogen) atoms. The Balaban J connectivity index is 2.08. The molecule has 1 saturated carbocycles. The molecule has 0 aromatic heterocycles. The van der Waals surface area contributed by atoms with Gasteiger partial charge in [0.2, 0.25) is 0 Å². The number of nitrogens with two attached hydrogens (primary N) is 1. The van der Waals surface area contributed by atoms with Crippen molar-refractivity contribution in [2.24, 2.45) is 10.7 Å². The molecule has 3 rings (SSSR count). The van der Waals surface area contributed by atoms with Crippen LogP contribution in [-0.2, 0) is 9.53 Å². The SMILES string of the molecule is CCOC(=O)C12CCCCC1(NNC(N)=O)N=C(c1ccc(F)cc1F)S2. The van der Waals surface area contributed by atoms with Gasteiger partial charge in [-0.05, 0) is 38.3 Å². The van der Waals surface area contributed by atoms with Crippen LogP contribution in [0.3, 0.4) is 0 Å². The van der Waals surface area contributed by atoms with Crippen molar-refractivity contribution >= 4 is 28.8 Å². The number of hydrogen-bond donors (Lipinski definition) is 3. The molecule has 1 aromatic carbocycles. The van der Waals surface area contributed by atoms with Gasteiger partial charge in [-0.25, -0.2) is 19.0 Å². The van der Waals surface area contributed by atoms with E-state index in [9.17, 15) is 18.4 Å². The number of esters is 1. The lowest BCUT2D eigenvalue weighted by Gasteiger charge is -2.44. The number of nitrogens with one attached hydrogen (secondary N) is 2. The van der Waals surface area contributed by atoms with Gasteiger partial charge in [-0.2, -0.15) is 0 Å². The molecule has 1 heterocycles. The minimum atomic E-state index is -1.24. The third kappa shape index (κ3) is 3.39. The molecule has 1 aliphatic carbocycles. The van der Waals surface area contributed by atoms with Gasteiger partial charge >= 0.3 is 12.0 Å². The van der Waals surface area contributed by atoms with Crippen LogP contribution in [-0.4, -0.2) is 34.1 Å². The van der Waals surface area contributed by atoms with Crippen molar-refractivity contribution in [2.45, 2.75) is 43.0 Å². The number of carbonyl (C=O) groups excluding carboxylic acids is 2. The Labute approximate surface area is 159 Å². The van der Waals surface area contributed by atoms with Gasteiger partial charge in [-0.3, -0.25) is 15.2 Å². The maximum atomic E-state index is 14.3. The van der Waals surface area contributed by atoms with Gasteiger partial charge in [0.15, 0.2) is 10.4 Å². The molecule has 4 N–H and O–H groups in total. The van der Waals surface area contributed by atoms with Crippen molar-refractivity contribution in [3.05, 3.63) is 35.4 Å². The van der Waals surface area contributed by atoms with Crippen LogP contribution in [0.15, 0.2) is 23.2 Å². The van der Waals surface area contributed by atoms with Gasteiger partial charge in [0.1, 0.15) is 16.7 Å². The molecule has 2 aliphatic rings. The van der Waals surface area contributed by atoms with Gasteiger partial charge in [-0.1, -0.05) is 18.2 Å². The summed E-state index contributed by atoms with van der Waals surface area (Å²) in [6.07, 6.45) is 2.30. The Morgan fingerprint density at radius 2 is 2.07 bits per heavy atom. The standard InChI is InChI=1S/C17H20F2N4O3S/c1-2-26-14(24)16-7-3-4-8-17(16,23-22-15(20)25)21-13(27-16)11-6-5-10(18)9-12(11)19/h5-6,9,23H,2-4,7-8H2,1H3,(H3,20,22,25). The number of urea groups is 1. The molecule has 2 amide bonds. The predicted molar refractivity (Wildman–Crippen MR) is 96.9 cm³/mol. The monoisotopic (exact) mass is 398 g/mol.